The molecule has 0 fully saturated rings. The van der Waals surface area contributed by atoms with Gasteiger partial charge >= 0.3 is 11.9 Å². The highest BCUT2D eigenvalue weighted by atomic mass is 16.4. The highest BCUT2D eigenvalue weighted by Gasteiger charge is 2.35. The summed E-state index contributed by atoms with van der Waals surface area (Å²) >= 11 is 0. The lowest BCUT2D eigenvalue weighted by atomic mass is 9.87. The Hall–Kier alpha value is -1.10. The molecule has 0 spiro atoms. The molecule has 0 saturated carbocycles. The number of carbonyl (C=O) groups is 2. The minimum Gasteiger partial charge on any atom is -0.481 e. The van der Waals surface area contributed by atoms with E-state index in [0.717, 1.165) is 25.7 Å². The average molecular weight is 569 g/mol. The van der Waals surface area contributed by atoms with Crippen molar-refractivity contribution in [2.24, 2.45) is 5.92 Å². The van der Waals surface area contributed by atoms with Gasteiger partial charge in [-0.25, -0.2) is 4.79 Å². The molecule has 3 N–H and O–H groups in total. The second kappa shape index (κ2) is 28.0. The van der Waals surface area contributed by atoms with E-state index < -0.39 is 23.5 Å². The zero-order valence-electron chi connectivity index (χ0n) is 26.7. The van der Waals surface area contributed by atoms with E-state index in [-0.39, 0.29) is 12.8 Å². The van der Waals surface area contributed by atoms with Crippen LogP contribution >= 0.6 is 0 Å². The van der Waals surface area contributed by atoms with Gasteiger partial charge in [0, 0.05) is 0 Å². The summed E-state index contributed by atoms with van der Waals surface area (Å²) < 4.78 is 0. The third-order valence-corrected chi connectivity index (χ3v) is 8.74. The number of aliphatic hydroxyl groups is 1. The van der Waals surface area contributed by atoms with Crippen molar-refractivity contribution >= 4 is 11.9 Å². The SMILES string of the molecule is CCCCCCCCCCCCCCC(CCCC(O)(CCCCCCCCCCCCCC)C(=O)O)C(=O)O. The summed E-state index contributed by atoms with van der Waals surface area (Å²) in [5, 5.41) is 30.0. The van der Waals surface area contributed by atoms with Gasteiger partial charge in [-0.1, -0.05) is 162 Å². The first-order chi connectivity index (χ1) is 19.4. The van der Waals surface area contributed by atoms with Crippen LogP contribution in [0, 0.1) is 5.92 Å². The van der Waals surface area contributed by atoms with Gasteiger partial charge in [-0.15, -0.1) is 0 Å². The van der Waals surface area contributed by atoms with Crippen LogP contribution in [0.5, 0.6) is 0 Å². The standard InChI is InChI=1S/C35H68O5/c1-3-5-7-9-11-13-15-17-19-21-23-25-28-32(33(36)37)29-27-31-35(40,34(38)39)30-26-24-22-20-18-16-14-12-10-8-6-4-2/h32,40H,3-31H2,1-2H3,(H,36,37)(H,38,39). The summed E-state index contributed by atoms with van der Waals surface area (Å²) in [4.78, 5) is 23.5. The van der Waals surface area contributed by atoms with Gasteiger partial charge in [0.2, 0.25) is 0 Å². The van der Waals surface area contributed by atoms with Crippen LogP contribution in [-0.4, -0.2) is 32.9 Å². The highest BCUT2D eigenvalue weighted by Crippen LogP contribution is 2.26. The first-order valence-corrected chi connectivity index (χ1v) is 17.6. The van der Waals surface area contributed by atoms with Crippen LogP contribution in [0.4, 0.5) is 0 Å². The molecule has 0 aromatic rings. The minimum atomic E-state index is -1.72. The molecule has 0 bridgehead atoms. The van der Waals surface area contributed by atoms with Crippen molar-refractivity contribution in [3.63, 3.8) is 0 Å². The second-order valence-electron chi connectivity index (χ2n) is 12.6. The molecule has 0 aromatic heterocycles. The number of hydrogen-bond acceptors (Lipinski definition) is 3. The van der Waals surface area contributed by atoms with Crippen molar-refractivity contribution in [3.8, 4) is 0 Å². The summed E-state index contributed by atoms with van der Waals surface area (Å²) in [6.45, 7) is 4.49. The van der Waals surface area contributed by atoms with Crippen LogP contribution in [0.25, 0.3) is 0 Å². The molecule has 0 saturated heterocycles. The highest BCUT2D eigenvalue weighted by molar-refractivity contribution is 5.77. The van der Waals surface area contributed by atoms with E-state index >= 15 is 0 Å². The van der Waals surface area contributed by atoms with E-state index in [2.05, 4.69) is 13.8 Å². The predicted molar refractivity (Wildman–Crippen MR) is 169 cm³/mol. The fourth-order valence-corrected chi connectivity index (χ4v) is 5.86. The maximum atomic E-state index is 11.8. The quantitative estimate of drug-likeness (QED) is 0.0701. The number of carboxylic acid groups (broad SMARTS) is 2. The molecule has 238 valence electrons. The van der Waals surface area contributed by atoms with Crippen molar-refractivity contribution < 1.29 is 24.9 Å². The monoisotopic (exact) mass is 569 g/mol. The third-order valence-electron chi connectivity index (χ3n) is 8.74. The first-order valence-electron chi connectivity index (χ1n) is 17.6. The summed E-state index contributed by atoms with van der Waals surface area (Å²) in [5.41, 5.74) is -1.72. The Kier molecular flexibility index (Phi) is 27.3. The number of hydrogen-bond donors (Lipinski definition) is 3. The lowest BCUT2D eigenvalue weighted by Crippen LogP contribution is -2.38. The lowest BCUT2D eigenvalue weighted by Gasteiger charge is -2.24. The fraction of sp³-hybridized carbons (Fsp3) is 0.943. The summed E-state index contributed by atoms with van der Waals surface area (Å²) in [7, 11) is 0. The Morgan fingerprint density at radius 3 is 1.12 bits per heavy atom. The molecular weight excluding hydrogens is 500 g/mol. The largest absolute Gasteiger partial charge is 0.481 e. The number of carboxylic acids is 2. The molecule has 40 heavy (non-hydrogen) atoms. The molecule has 0 aliphatic heterocycles. The van der Waals surface area contributed by atoms with Crippen molar-refractivity contribution in [1.29, 1.82) is 0 Å². The van der Waals surface area contributed by atoms with Crippen LogP contribution < -0.4 is 0 Å². The third kappa shape index (κ3) is 23.6. The molecule has 0 rings (SSSR count). The average Bonchev–Trinajstić information content (AvgIpc) is 2.93. The van der Waals surface area contributed by atoms with Gasteiger partial charge in [0.25, 0.3) is 0 Å². The molecule has 0 aliphatic rings. The smallest absolute Gasteiger partial charge is 0.335 e. The lowest BCUT2D eigenvalue weighted by molar-refractivity contribution is -0.160. The zero-order chi connectivity index (χ0) is 29.7. The van der Waals surface area contributed by atoms with Gasteiger partial charge in [-0.05, 0) is 38.5 Å². The van der Waals surface area contributed by atoms with Crippen molar-refractivity contribution in [3.05, 3.63) is 0 Å². The van der Waals surface area contributed by atoms with Gasteiger partial charge in [-0.3, -0.25) is 4.79 Å². The van der Waals surface area contributed by atoms with Crippen molar-refractivity contribution in [2.75, 3.05) is 0 Å². The number of rotatable bonds is 32. The maximum Gasteiger partial charge on any atom is 0.335 e. The Balaban J connectivity index is 3.94. The van der Waals surface area contributed by atoms with Crippen molar-refractivity contribution in [1.82, 2.24) is 0 Å². The molecule has 2 atom stereocenters. The van der Waals surface area contributed by atoms with Crippen molar-refractivity contribution in [2.45, 2.75) is 206 Å². The van der Waals surface area contributed by atoms with Crippen LogP contribution in [0.15, 0.2) is 0 Å². The van der Waals surface area contributed by atoms with Gasteiger partial charge in [0.05, 0.1) is 5.92 Å². The normalized spacial score (nSPS) is 13.8. The van der Waals surface area contributed by atoms with E-state index in [1.54, 1.807) is 0 Å². The van der Waals surface area contributed by atoms with Gasteiger partial charge < -0.3 is 15.3 Å². The van der Waals surface area contributed by atoms with Crippen LogP contribution in [0.3, 0.4) is 0 Å². The Morgan fingerprint density at radius 1 is 0.475 bits per heavy atom. The van der Waals surface area contributed by atoms with E-state index in [9.17, 15) is 24.9 Å². The topological polar surface area (TPSA) is 94.8 Å². The molecule has 5 heteroatoms. The first kappa shape index (κ1) is 38.9. The van der Waals surface area contributed by atoms with E-state index in [1.165, 1.54) is 122 Å². The van der Waals surface area contributed by atoms with Crippen LogP contribution in [0.2, 0.25) is 0 Å². The maximum absolute atomic E-state index is 11.8. The summed E-state index contributed by atoms with van der Waals surface area (Å²) in [6, 6.07) is 0. The van der Waals surface area contributed by atoms with Gasteiger partial charge in [0.15, 0.2) is 5.60 Å². The predicted octanol–water partition coefficient (Wildman–Crippen LogP) is 10.9. The Morgan fingerprint density at radius 2 is 0.775 bits per heavy atom. The molecule has 0 radical (unpaired) electrons. The Labute approximate surface area is 248 Å². The number of aliphatic carboxylic acids is 2. The molecule has 0 aliphatic carbocycles. The van der Waals surface area contributed by atoms with E-state index in [1.807, 2.05) is 0 Å². The molecule has 0 amide bonds. The molecule has 0 heterocycles. The fourth-order valence-electron chi connectivity index (χ4n) is 5.86. The van der Waals surface area contributed by atoms with Crippen LogP contribution in [0.1, 0.15) is 200 Å². The second-order valence-corrected chi connectivity index (χ2v) is 12.6. The zero-order valence-corrected chi connectivity index (χ0v) is 26.7. The molecule has 5 nitrogen and oxygen atoms in total. The minimum absolute atomic E-state index is 0.141. The van der Waals surface area contributed by atoms with E-state index in [0.29, 0.717) is 25.7 Å². The molecular formula is C35H68O5. The van der Waals surface area contributed by atoms with Crippen LogP contribution in [-0.2, 0) is 9.59 Å². The number of unbranched alkanes of at least 4 members (excludes halogenated alkanes) is 22. The van der Waals surface area contributed by atoms with Gasteiger partial charge in [-0.2, -0.15) is 0 Å². The summed E-state index contributed by atoms with van der Waals surface area (Å²) in [6.07, 6.45) is 31.5. The van der Waals surface area contributed by atoms with Gasteiger partial charge in [0.1, 0.15) is 0 Å². The Bertz CT molecular complexity index is 578. The molecule has 2 unspecified atom stereocenters. The summed E-state index contributed by atoms with van der Waals surface area (Å²) in [5.74, 6) is -2.39. The molecule has 0 aromatic carbocycles. The van der Waals surface area contributed by atoms with E-state index in [4.69, 9.17) is 0 Å².